The Kier molecular flexibility index (Phi) is 2.52. The van der Waals surface area contributed by atoms with Gasteiger partial charge in [0, 0.05) is 11.8 Å². The third kappa shape index (κ3) is 2.34. The van der Waals surface area contributed by atoms with Gasteiger partial charge in [-0.3, -0.25) is 4.79 Å². The molecule has 0 aliphatic carbocycles. The van der Waals surface area contributed by atoms with Crippen LogP contribution in [0, 0.1) is 0 Å². The highest BCUT2D eigenvalue weighted by atomic mass is 32.2. The van der Waals surface area contributed by atoms with E-state index in [0.717, 1.165) is 5.41 Å². The zero-order valence-corrected chi connectivity index (χ0v) is 7.60. The average Bonchev–Trinajstić information content (AvgIpc) is 2.30. The van der Waals surface area contributed by atoms with Crippen LogP contribution in [0.2, 0.25) is 0 Å². The number of sulfone groups is 1. The van der Waals surface area contributed by atoms with Crippen LogP contribution in [0.1, 0.15) is 13.3 Å². The fraction of sp³-hybridized carbons (Fsp3) is 0.571. The lowest BCUT2D eigenvalue weighted by Crippen LogP contribution is -2.34. The maximum Gasteiger partial charge on any atom is 0.220 e. The van der Waals surface area contributed by atoms with Crippen molar-refractivity contribution in [1.82, 2.24) is 5.32 Å². The minimum absolute atomic E-state index is 0.00125. The lowest BCUT2D eigenvalue weighted by atomic mass is 10.3. The summed E-state index contributed by atoms with van der Waals surface area (Å²) in [5.74, 6) is -0.125. The molecule has 0 fully saturated rings. The van der Waals surface area contributed by atoms with Crippen LogP contribution >= 0.6 is 0 Å². The Labute approximate surface area is 71.6 Å². The summed E-state index contributed by atoms with van der Waals surface area (Å²) in [6.07, 6.45) is 1.88. The Hall–Kier alpha value is -0.840. The van der Waals surface area contributed by atoms with Crippen LogP contribution in [0.5, 0.6) is 0 Å². The summed E-state index contributed by atoms with van der Waals surface area (Å²) in [6, 6.07) is -0.331. The van der Waals surface area contributed by atoms with Crippen molar-refractivity contribution in [3.8, 4) is 0 Å². The number of carbonyl (C=O) groups excluding carboxylic acids is 1. The van der Waals surface area contributed by atoms with Crippen LogP contribution in [0.15, 0.2) is 11.5 Å². The molecule has 4 nitrogen and oxygen atoms in total. The van der Waals surface area contributed by atoms with Crippen LogP contribution in [0.25, 0.3) is 0 Å². The summed E-state index contributed by atoms with van der Waals surface area (Å²) in [4.78, 5) is 10.8. The smallest absolute Gasteiger partial charge is 0.220 e. The van der Waals surface area contributed by atoms with Crippen LogP contribution in [0.3, 0.4) is 0 Å². The van der Waals surface area contributed by atoms with Crippen LogP contribution in [-0.2, 0) is 14.6 Å². The van der Waals surface area contributed by atoms with Crippen LogP contribution in [-0.4, -0.2) is 26.1 Å². The molecule has 0 aromatic carbocycles. The first-order valence-corrected chi connectivity index (χ1v) is 5.45. The second-order valence-electron chi connectivity index (χ2n) is 2.69. The Morgan fingerprint density at radius 2 is 2.33 bits per heavy atom. The van der Waals surface area contributed by atoms with Gasteiger partial charge in [-0.1, -0.05) is 6.92 Å². The number of carbonyl (C=O) groups is 1. The van der Waals surface area contributed by atoms with Crippen molar-refractivity contribution in [2.75, 3.05) is 5.75 Å². The molecule has 0 saturated carbocycles. The van der Waals surface area contributed by atoms with Gasteiger partial charge in [0.05, 0.1) is 11.8 Å². The molecule has 1 atom stereocenters. The predicted octanol–water partition coefficient (Wildman–Crippen LogP) is -0.177. The average molecular weight is 189 g/mol. The van der Waals surface area contributed by atoms with Crippen molar-refractivity contribution in [2.24, 2.45) is 0 Å². The van der Waals surface area contributed by atoms with E-state index in [4.69, 9.17) is 0 Å². The molecule has 12 heavy (non-hydrogen) atoms. The molecule has 1 aliphatic heterocycles. The van der Waals surface area contributed by atoms with Crippen LogP contribution in [0.4, 0.5) is 0 Å². The van der Waals surface area contributed by atoms with E-state index in [-0.39, 0.29) is 17.7 Å². The summed E-state index contributed by atoms with van der Waals surface area (Å²) in [6.45, 7) is 1.72. The number of hydrogen-bond donors (Lipinski definition) is 1. The minimum Gasteiger partial charge on any atom is -0.349 e. The van der Waals surface area contributed by atoms with Gasteiger partial charge in [-0.05, 0) is 6.08 Å². The maximum absolute atomic E-state index is 10.9. The fourth-order valence-corrected chi connectivity index (χ4v) is 2.21. The number of nitrogens with one attached hydrogen (secondary N) is 1. The molecule has 1 rings (SSSR count). The van der Waals surface area contributed by atoms with E-state index in [1.165, 1.54) is 6.08 Å². The highest BCUT2D eigenvalue weighted by molar-refractivity contribution is 7.94. The molecule has 1 aliphatic rings. The summed E-state index contributed by atoms with van der Waals surface area (Å²) in [5.41, 5.74) is 0. The summed E-state index contributed by atoms with van der Waals surface area (Å²) >= 11 is 0. The van der Waals surface area contributed by atoms with Gasteiger partial charge in [0.1, 0.15) is 0 Å². The fourth-order valence-electron chi connectivity index (χ4n) is 0.975. The molecule has 0 saturated heterocycles. The molecule has 0 aromatic rings. The standard InChI is InChI=1S/C7H11NO3S/c1-2-7(9)8-6-3-4-12(10,11)5-6/h3-4,6H,2,5H2,1H3,(H,8,9). The minimum atomic E-state index is -3.04. The second-order valence-corrected chi connectivity index (χ2v) is 4.62. The zero-order chi connectivity index (χ0) is 9.19. The van der Waals surface area contributed by atoms with E-state index in [1.807, 2.05) is 0 Å². The van der Waals surface area contributed by atoms with Gasteiger partial charge in [-0.2, -0.15) is 0 Å². The van der Waals surface area contributed by atoms with E-state index >= 15 is 0 Å². The molecule has 0 aromatic heterocycles. The summed E-state index contributed by atoms with van der Waals surface area (Å²) in [7, 11) is -3.04. The second kappa shape index (κ2) is 3.26. The lowest BCUT2D eigenvalue weighted by molar-refractivity contribution is -0.121. The first-order chi connectivity index (χ1) is 5.53. The molecular formula is C7H11NO3S. The molecule has 1 N–H and O–H groups in total. The van der Waals surface area contributed by atoms with Crippen molar-refractivity contribution in [2.45, 2.75) is 19.4 Å². The molecular weight excluding hydrogens is 178 g/mol. The topological polar surface area (TPSA) is 63.2 Å². The van der Waals surface area contributed by atoms with Gasteiger partial charge < -0.3 is 5.32 Å². The quantitative estimate of drug-likeness (QED) is 0.655. The highest BCUT2D eigenvalue weighted by Crippen LogP contribution is 2.07. The molecule has 5 heteroatoms. The van der Waals surface area contributed by atoms with E-state index in [1.54, 1.807) is 6.92 Å². The van der Waals surface area contributed by atoms with Gasteiger partial charge in [-0.15, -0.1) is 0 Å². The molecule has 68 valence electrons. The van der Waals surface area contributed by atoms with Crippen molar-refractivity contribution in [3.05, 3.63) is 11.5 Å². The Morgan fingerprint density at radius 1 is 1.67 bits per heavy atom. The number of rotatable bonds is 2. The van der Waals surface area contributed by atoms with E-state index in [2.05, 4.69) is 5.32 Å². The predicted molar refractivity (Wildman–Crippen MR) is 45.1 cm³/mol. The van der Waals surface area contributed by atoms with Crippen molar-refractivity contribution in [3.63, 3.8) is 0 Å². The molecule has 1 heterocycles. The van der Waals surface area contributed by atoms with Crippen molar-refractivity contribution < 1.29 is 13.2 Å². The first kappa shape index (κ1) is 9.25. The van der Waals surface area contributed by atoms with Gasteiger partial charge in [-0.25, -0.2) is 8.42 Å². The molecule has 1 unspecified atom stereocenters. The maximum atomic E-state index is 10.9. The summed E-state index contributed by atoms with van der Waals surface area (Å²) < 4.78 is 21.7. The number of amides is 1. The largest absolute Gasteiger partial charge is 0.349 e. The van der Waals surface area contributed by atoms with Crippen molar-refractivity contribution >= 4 is 15.7 Å². The SMILES string of the molecule is CCC(=O)NC1C=CS(=O)(=O)C1. The van der Waals surface area contributed by atoms with Gasteiger partial charge in [0.25, 0.3) is 0 Å². The monoisotopic (exact) mass is 189 g/mol. The third-order valence-corrected chi connectivity index (χ3v) is 2.99. The van der Waals surface area contributed by atoms with Crippen molar-refractivity contribution in [1.29, 1.82) is 0 Å². The van der Waals surface area contributed by atoms with Gasteiger partial charge in [0.15, 0.2) is 9.84 Å². The zero-order valence-electron chi connectivity index (χ0n) is 6.78. The lowest BCUT2D eigenvalue weighted by Gasteiger charge is -2.07. The molecule has 1 amide bonds. The van der Waals surface area contributed by atoms with E-state index in [0.29, 0.717) is 6.42 Å². The molecule has 0 bridgehead atoms. The van der Waals surface area contributed by atoms with Gasteiger partial charge in [0.2, 0.25) is 5.91 Å². The first-order valence-electron chi connectivity index (χ1n) is 3.74. The van der Waals surface area contributed by atoms with E-state index < -0.39 is 9.84 Å². The third-order valence-electron chi connectivity index (χ3n) is 1.60. The highest BCUT2D eigenvalue weighted by Gasteiger charge is 2.22. The molecule has 0 spiro atoms. The Morgan fingerprint density at radius 3 is 2.75 bits per heavy atom. The van der Waals surface area contributed by atoms with Crippen LogP contribution < -0.4 is 5.32 Å². The van der Waals surface area contributed by atoms with E-state index in [9.17, 15) is 13.2 Å². The normalized spacial score (nSPS) is 25.6. The summed E-state index contributed by atoms with van der Waals surface area (Å²) in [5, 5.41) is 3.73. The van der Waals surface area contributed by atoms with Gasteiger partial charge >= 0.3 is 0 Å². The Balaban J connectivity index is 2.51. The number of hydrogen-bond acceptors (Lipinski definition) is 3. The molecule has 0 radical (unpaired) electrons. The Bertz CT molecular complexity index is 305.